The fourth-order valence-corrected chi connectivity index (χ4v) is 4.29. The molecule has 2 fully saturated rings. The second-order valence-electron chi connectivity index (χ2n) is 5.87. The summed E-state index contributed by atoms with van der Waals surface area (Å²) in [6, 6.07) is 0. The Balaban J connectivity index is 2.07. The lowest BCUT2D eigenvalue weighted by Gasteiger charge is -2.30. The molecule has 1 spiro atoms. The zero-order valence-corrected chi connectivity index (χ0v) is 13.9. The van der Waals surface area contributed by atoms with Crippen molar-refractivity contribution in [1.29, 1.82) is 0 Å². The van der Waals surface area contributed by atoms with E-state index in [2.05, 4.69) is 4.40 Å². The van der Waals surface area contributed by atoms with Gasteiger partial charge in [0, 0.05) is 27.2 Å². The average molecular weight is 358 g/mol. The molecule has 2 aliphatic rings. The molecule has 0 aromatic carbocycles. The van der Waals surface area contributed by atoms with Crippen molar-refractivity contribution in [2.45, 2.75) is 18.8 Å². The first-order valence-corrected chi connectivity index (χ1v) is 8.70. The van der Waals surface area contributed by atoms with Gasteiger partial charge >= 0.3 is 10.2 Å². The van der Waals surface area contributed by atoms with Crippen LogP contribution in [0.1, 0.15) is 12.8 Å². The predicted octanol–water partition coefficient (Wildman–Crippen LogP) is 0.976. The molecule has 0 amide bonds. The van der Waals surface area contributed by atoms with Gasteiger partial charge in [-0.15, -0.1) is 16.0 Å². The molecule has 1 aliphatic carbocycles. The van der Waals surface area contributed by atoms with Crippen LogP contribution in [-0.4, -0.2) is 68.7 Å². The Hall–Kier alpha value is -0.800. The summed E-state index contributed by atoms with van der Waals surface area (Å²) in [5.74, 6) is -5.60. The minimum absolute atomic E-state index is 0.0655. The van der Waals surface area contributed by atoms with Gasteiger partial charge in [0.05, 0.1) is 17.2 Å². The van der Waals surface area contributed by atoms with Crippen molar-refractivity contribution in [3.63, 3.8) is 0 Å². The SMILES string of the molecule is CN(C)C=NS(=O)(=O)N1CCC2(CC1)[C@H](C(=O)CCl)C2(F)F. The number of hydrogen-bond acceptors (Lipinski definition) is 3. The topological polar surface area (TPSA) is 70.1 Å². The number of halogens is 3. The molecule has 126 valence electrons. The Bertz CT molecular complexity index is 586. The van der Waals surface area contributed by atoms with Gasteiger partial charge in [-0.3, -0.25) is 4.79 Å². The van der Waals surface area contributed by atoms with Crippen LogP contribution in [0.15, 0.2) is 4.40 Å². The summed E-state index contributed by atoms with van der Waals surface area (Å²) < 4.78 is 56.4. The minimum Gasteiger partial charge on any atom is -0.368 e. The Kier molecular flexibility index (Phi) is 4.53. The zero-order chi connectivity index (χ0) is 16.8. The van der Waals surface area contributed by atoms with E-state index in [9.17, 15) is 22.0 Å². The lowest BCUT2D eigenvalue weighted by molar-refractivity contribution is -0.120. The van der Waals surface area contributed by atoms with Crippen molar-refractivity contribution in [1.82, 2.24) is 9.21 Å². The van der Waals surface area contributed by atoms with Gasteiger partial charge in [-0.05, 0) is 12.8 Å². The van der Waals surface area contributed by atoms with Crippen molar-refractivity contribution in [2.75, 3.05) is 33.1 Å². The summed E-state index contributed by atoms with van der Waals surface area (Å²) in [5, 5.41) is 0. The minimum atomic E-state index is -3.88. The maximum absolute atomic E-state index is 14.0. The predicted molar refractivity (Wildman–Crippen MR) is 78.5 cm³/mol. The van der Waals surface area contributed by atoms with Gasteiger partial charge in [0.15, 0.2) is 5.78 Å². The molecule has 10 heteroatoms. The molecule has 1 saturated carbocycles. The molecule has 6 nitrogen and oxygen atoms in total. The van der Waals surface area contributed by atoms with E-state index in [-0.39, 0.29) is 25.9 Å². The van der Waals surface area contributed by atoms with E-state index >= 15 is 0 Å². The molecule has 22 heavy (non-hydrogen) atoms. The molecule has 0 aromatic heterocycles. The standard InChI is InChI=1S/C12H18ClF2N3O3S/c1-17(2)8-16-22(20,21)18-5-3-11(4-6-18)10(9(19)7-13)12(11,14)15/h8,10H,3-7H2,1-2H3/t10-/m0/s1. The fourth-order valence-electron chi connectivity index (χ4n) is 3.06. The average Bonchev–Trinajstić information content (AvgIpc) is 2.91. The maximum atomic E-state index is 14.0. The van der Waals surface area contributed by atoms with E-state index in [4.69, 9.17) is 11.6 Å². The van der Waals surface area contributed by atoms with Gasteiger partial charge in [0.2, 0.25) is 0 Å². The Labute approximate surface area is 133 Å². The zero-order valence-electron chi connectivity index (χ0n) is 12.3. The summed E-state index contributed by atoms with van der Waals surface area (Å²) in [5.41, 5.74) is -1.43. The largest absolute Gasteiger partial charge is 0.368 e. The summed E-state index contributed by atoms with van der Waals surface area (Å²) in [6.07, 6.45) is 1.01. The first-order valence-electron chi connectivity index (χ1n) is 6.77. The van der Waals surface area contributed by atoms with Crippen molar-refractivity contribution in [3.05, 3.63) is 0 Å². The summed E-state index contributed by atoms with van der Waals surface area (Å²) in [7, 11) is -0.631. The number of carbonyl (C=O) groups excluding carboxylic acids is 1. The van der Waals surface area contributed by atoms with Crippen LogP contribution in [0.25, 0.3) is 0 Å². The summed E-state index contributed by atoms with van der Waals surface area (Å²) in [6.45, 7) is -0.149. The molecule has 1 atom stereocenters. The Morgan fingerprint density at radius 3 is 2.41 bits per heavy atom. The second kappa shape index (κ2) is 5.68. The number of Topliss-reactive ketones (excluding diaryl/α,β-unsaturated/α-hetero) is 1. The van der Waals surface area contributed by atoms with E-state index in [1.807, 2.05) is 0 Å². The van der Waals surface area contributed by atoms with Gasteiger partial charge in [-0.2, -0.15) is 12.7 Å². The van der Waals surface area contributed by atoms with Gasteiger partial charge < -0.3 is 4.90 Å². The molecule has 0 N–H and O–H groups in total. The molecule has 1 heterocycles. The highest BCUT2D eigenvalue weighted by molar-refractivity contribution is 7.87. The lowest BCUT2D eigenvalue weighted by atomic mass is 9.90. The first kappa shape index (κ1) is 17.6. The quantitative estimate of drug-likeness (QED) is 0.418. The summed E-state index contributed by atoms with van der Waals surface area (Å²) >= 11 is 5.38. The van der Waals surface area contributed by atoms with Crippen LogP contribution in [0.3, 0.4) is 0 Å². The molecular weight excluding hydrogens is 340 g/mol. The molecule has 2 rings (SSSR count). The molecule has 1 saturated heterocycles. The third kappa shape index (κ3) is 2.74. The molecule has 1 aliphatic heterocycles. The van der Waals surface area contributed by atoms with Crippen molar-refractivity contribution < 1.29 is 22.0 Å². The van der Waals surface area contributed by atoms with E-state index in [1.54, 1.807) is 14.1 Å². The second-order valence-corrected chi connectivity index (χ2v) is 7.76. The monoisotopic (exact) mass is 357 g/mol. The Morgan fingerprint density at radius 1 is 1.41 bits per heavy atom. The number of piperidine rings is 1. The van der Waals surface area contributed by atoms with Crippen molar-refractivity contribution in [3.8, 4) is 0 Å². The van der Waals surface area contributed by atoms with Gasteiger partial charge in [0.1, 0.15) is 6.34 Å². The van der Waals surface area contributed by atoms with E-state index in [1.165, 1.54) is 4.90 Å². The first-order chi connectivity index (χ1) is 10.1. The van der Waals surface area contributed by atoms with Crippen LogP contribution in [0, 0.1) is 11.3 Å². The molecular formula is C12H18ClF2N3O3S. The fraction of sp³-hybridized carbons (Fsp3) is 0.833. The lowest BCUT2D eigenvalue weighted by Crippen LogP contribution is -2.40. The number of alkyl halides is 3. The van der Waals surface area contributed by atoms with Crippen LogP contribution in [0.2, 0.25) is 0 Å². The van der Waals surface area contributed by atoms with E-state index < -0.39 is 39.1 Å². The number of nitrogens with zero attached hydrogens (tertiary/aromatic N) is 3. The molecule has 0 aromatic rings. The Morgan fingerprint density at radius 2 is 1.95 bits per heavy atom. The van der Waals surface area contributed by atoms with Crippen LogP contribution < -0.4 is 0 Å². The van der Waals surface area contributed by atoms with E-state index in [0.29, 0.717) is 0 Å². The number of carbonyl (C=O) groups is 1. The molecule has 0 radical (unpaired) electrons. The van der Waals surface area contributed by atoms with Crippen molar-refractivity contribution in [2.24, 2.45) is 15.7 Å². The molecule has 0 bridgehead atoms. The van der Waals surface area contributed by atoms with Crippen LogP contribution >= 0.6 is 11.6 Å². The smallest absolute Gasteiger partial charge is 0.323 e. The van der Waals surface area contributed by atoms with Crippen LogP contribution in [0.5, 0.6) is 0 Å². The van der Waals surface area contributed by atoms with Gasteiger partial charge in [-0.1, -0.05) is 0 Å². The van der Waals surface area contributed by atoms with Crippen LogP contribution in [0.4, 0.5) is 8.78 Å². The summed E-state index contributed by atoms with van der Waals surface area (Å²) in [4.78, 5) is 13.0. The number of rotatable bonds is 5. The highest BCUT2D eigenvalue weighted by Gasteiger charge is 2.82. The van der Waals surface area contributed by atoms with Gasteiger partial charge in [-0.25, -0.2) is 8.78 Å². The maximum Gasteiger partial charge on any atom is 0.323 e. The number of ketones is 1. The van der Waals surface area contributed by atoms with E-state index in [0.717, 1.165) is 10.6 Å². The highest BCUT2D eigenvalue weighted by Crippen LogP contribution is 2.71. The normalized spacial score (nSPS) is 27.2. The van der Waals surface area contributed by atoms with Gasteiger partial charge in [0.25, 0.3) is 5.92 Å². The van der Waals surface area contributed by atoms with Crippen molar-refractivity contribution >= 4 is 33.9 Å². The highest BCUT2D eigenvalue weighted by atomic mass is 35.5. The third-order valence-corrected chi connectivity index (χ3v) is 5.94. The molecule has 0 unspecified atom stereocenters. The van der Waals surface area contributed by atoms with Crippen LogP contribution in [-0.2, 0) is 15.0 Å². The number of hydrogen-bond donors (Lipinski definition) is 0. The third-order valence-electron chi connectivity index (χ3n) is 4.30.